The van der Waals surface area contributed by atoms with Crippen LogP contribution in [0.1, 0.15) is 53.9 Å². The van der Waals surface area contributed by atoms with Crippen LogP contribution in [0.3, 0.4) is 0 Å². The van der Waals surface area contributed by atoms with E-state index in [1.165, 1.54) is 11.3 Å². The van der Waals surface area contributed by atoms with Crippen LogP contribution in [0.2, 0.25) is 0 Å². The molecule has 0 unspecified atom stereocenters. The SMILES string of the molecule is COc1ccc(OC)c(CN(C(=O)c2cnc(C(C)(C)C)s2)C2CC2)c1. The van der Waals surface area contributed by atoms with Crippen LogP contribution in [0.25, 0.3) is 0 Å². The molecule has 0 N–H and O–H groups in total. The molecule has 1 aliphatic carbocycles. The molecule has 26 heavy (non-hydrogen) atoms. The highest BCUT2D eigenvalue weighted by Crippen LogP contribution is 2.34. The van der Waals surface area contributed by atoms with Crippen molar-refractivity contribution in [2.45, 2.75) is 51.6 Å². The Balaban J connectivity index is 1.86. The van der Waals surface area contributed by atoms with E-state index in [4.69, 9.17) is 9.47 Å². The van der Waals surface area contributed by atoms with Gasteiger partial charge in [0.25, 0.3) is 5.91 Å². The molecule has 140 valence electrons. The van der Waals surface area contributed by atoms with Gasteiger partial charge < -0.3 is 14.4 Å². The predicted molar refractivity (Wildman–Crippen MR) is 103 cm³/mol. The first-order valence-electron chi connectivity index (χ1n) is 8.81. The summed E-state index contributed by atoms with van der Waals surface area (Å²) in [5.74, 6) is 1.58. The molecule has 1 aromatic carbocycles. The van der Waals surface area contributed by atoms with Crippen LogP contribution in [0.5, 0.6) is 11.5 Å². The zero-order valence-electron chi connectivity index (χ0n) is 16.0. The standard InChI is InChI=1S/C20H26N2O3S/c1-20(2,3)19-21-11-17(26-19)18(23)22(14-6-7-14)12-13-10-15(24-4)8-9-16(13)25-5/h8-11,14H,6-7,12H2,1-5H3. The summed E-state index contributed by atoms with van der Waals surface area (Å²) in [5.41, 5.74) is 0.900. The lowest BCUT2D eigenvalue weighted by Gasteiger charge is -2.23. The van der Waals surface area contributed by atoms with E-state index in [0.29, 0.717) is 17.5 Å². The fraction of sp³-hybridized carbons (Fsp3) is 0.500. The van der Waals surface area contributed by atoms with Gasteiger partial charge in [-0.3, -0.25) is 4.79 Å². The Morgan fingerprint density at radius 3 is 2.54 bits per heavy atom. The molecule has 1 aromatic heterocycles. The normalized spacial score (nSPS) is 14.2. The molecule has 0 aliphatic heterocycles. The number of hydrogen-bond donors (Lipinski definition) is 0. The van der Waals surface area contributed by atoms with E-state index >= 15 is 0 Å². The van der Waals surface area contributed by atoms with E-state index in [1.807, 2.05) is 23.1 Å². The van der Waals surface area contributed by atoms with E-state index in [-0.39, 0.29) is 11.3 Å². The second-order valence-corrected chi connectivity index (χ2v) is 8.65. The van der Waals surface area contributed by atoms with Gasteiger partial charge in [0.15, 0.2) is 0 Å². The van der Waals surface area contributed by atoms with Crippen LogP contribution in [0.15, 0.2) is 24.4 Å². The number of carbonyl (C=O) groups is 1. The lowest BCUT2D eigenvalue weighted by molar-refractivity contribution is 0.0733. The van der Waals surface area contributed by atoms with Gasteiger partial charge in [0, 0.05) is 17.0 Å². The monoisotopic (exact) mass is 374 g/mol. The third-order valence-electron chi connectivity index (χ3n) is 4.43. The smallest absolute Gasteiger partial charge is 0.266 e. The van der Waals surface area contributed by atoms with Gasteiger partial charge in [-0.1, -0.05) is 20.8 Å². The van der Waals surface area contributed by atoms with Crippen molar-refractivity contribution in [2.75, 3.05) is 14.2 Å². The first-order chi connectivity index (χ1) is 12.3. The molecule has 0 spiro atoms. The number of benzene rings is 1. The molecule has 1 saturated carbocycles. The predicted octanol–water partition coefficient (Wildman–Crippen LogP) is 4.26. The number of thiazole rings is 1. The van der Waals surface area contributed by atoms with Gasteiger partial charge in [-0.05, 0) is 31.0 Å². The van der Waals surface area contributed by atoms with Crippen LogP contribution >= 0.6 is 11.3 Å². The maximum absolute atomic E-state index is 13.1. The van der Waals surface area contributed by atoms with Gasteiger partial charge in [-0.25, -0.2) is 4.98 Å². The van der Waals surface area contributed by atoms with Crippen molar-refractivity contribution < 1.29 is 14.3 Å². The quantitative estimate of drug-likeness (QED) is 0.758. The van der Waals surface area contributed by atoms with Crippen LogP contribution < -0.4 is 9.47 Å². The largest absolute Gasteiger partial charge is 0.497 e. The molecule has 0 radical (unpaired) electrons. The van der Waals surface area contributed by atoms with E-state index in [0.717, 1.165) is 34.9 Å². The Kier molecular flexibility index (Phi) is 5.23. The summed E-state index contributed by atoms with van der Waals surface area (Å²) in [6, 6.07) is 5.98. The maximum Gasteiger partial charge on any atom is 0.266 e. The number of ether oxygens (including phenoxy) is 2. The average Bonchev–Trinajstić information content (AvgIpc) is 3.32. The molecule has 0 saturated heterocycles. The number of carbonyl (C=O) groups excluding carboxylic acids is 1. The van der Waals surface area contributed by atoms with E-state index in [1.54, 1.807) is 20.4 Å². The van der Waals surface area contributed by atoms with Crippen molar-refractivity contribution in [3.8, 4) is 11.5 Å². The minimum atomic E-state index is -0.0520. The maximum atomic E-state index is 13.1. The van der Waals surface area contributed by atoms with E-state index in [9.17, 15) is 4.79 Å². The minimum absolute atomic E-state index is 0.0466. The number of amides is 1. The van der Waals surface area contributed by atoms with Gasteiger partial charge in [-0.2, -0.15) is 0 Å². The lowest BCUT2D eigenvalue weighted by atomic mass is 9.98. The fourth-order valence-corrected chi connectivity index (χ4v) is 3.73. The zero-order chi connectivity index (χ0) is 18.9. The second kappa shape index (κ2) is 7.27. The Bertz CT molecular complexity index is 791. The highest BCUT2D eigenvalue weighted by molar-refractivity contribution is 7.13. The number of hydrogen-bond acceptors (Lipinski definition) is 5. The van der Waals surface area contributed by atoms with E-state index < -0.39 is 0 Å². The van der Waals surface area contributed by atoms with Crippen molar-refractivity contribution in [1.29, 1.82) is 0 Å². The highest BCUT2D eigenvalue weighted by Gasteiger charge is 2.35. The summed E-state index contributed by atoms with van der Waals surface area (Å²) in [6.45, 7) is 6.84. The number of aromatic nitrogens is 1. The van der Waals surface area contributed by atoms with Crippen molar-refractivity contribution >= 4 is 17.2 Å². The molecule has 1 amide bonds. The molecule has 3 rings (SSSR count). The summed E-state index contributed by atoms with van der Waals surface area (Å²) < 4.78 is 10.8. The molecule has 1 heterocycles. The summed E-state index contributed by atoms with van der Waals surface area (Å²) >= 11 is 1.49. The summed E-state index contributed by atoms with van der Waals surface area (Å²) in [4.78, 5) is 20.3. The molecular weight excluding hydrogens is 348 g/mol. The topological polar surface area (TPSA) is 51.7 Å². The minimum Gasteiger partial charge on any atom is -0.497 e. The Labute approximate surface area is 159 Å². The summed E-state index contributed by atoms with van der Waals surface area (Å²) in [7, 11) is 3.29. The molecule has 1 fully saturated rings. The molecule has 5 nitrogen and oxygen atoms in total. The summed E-state index contributed by atoms with van der Waals surface area (Å²) in [6.07, 6.45) is 3.80. The van der Waals surface area contributed by atoms with Crippen molar-refractivity contribution in [2.24, 2.45) is 0 Å². The Morgan fingerprint density at radius 2 is 2.00 bits per heavy atom. The first kappa shape index (κ1) is 18.7. The number of nitrogens with zero attached hydrogens (tertiary/aromatic N) is 2. The average molecular weight is 375 g/mol. The Hall–Kier alpha value is -2.08. The van der Waals surface area contributed by atoms with Gasteiger partial charge in [0.2, 0.25) is 0 Å². The van der Waals surface area contributed by atoms with Crippen LogP contribution in [-0.2, 0) is 12.0 Å². The van der Waals surface area contributed by atoms with Gasteiger partial charge in [0.1, 0.15) is 16.4 Å². The van der Waals surface area contributed by atoms with E-state index in [2.05, 4.69) is 25.8 Å². The zero-order valence-corrected chi connectivity index (χ0v) is 16.9. The van der Waals surface area contributed by atoms with Gasteiger partial charge in [0.05, 0.1) is 32.0 Å². The second-order valence-electron chi connectivity index (χ2n) is 7.62. The van der Waals surface area contributed by atoms with Crippen molar-refractivity contribution in [3.63, 3.8) is 0 Å². The number of methoxy groups -OCH3 is 2. The number of rotatable bonds is 6. The lowest BCUT2D eigenvalue weighted by Crippen LogP contribution is -2.32. The van der Waals surface area contributed by atoms with Gasteiger partial charge >= 0.3 is 0 Å². The molecule has 2 aromatic rings. The molecule has 6 heteroatoms. The highest BCUT2D eigenvalue weighted by atomic mass is 32.1. The molecular formula is C20H26N2O3S. The van der Waals surface area contributed by atoms with Crippen LogP contribution in [-0.4, -0.2) is 36.1 Å². The molecule has 0 atom stereocenters. The third kappa shape index (κ3) is 4.01. The molecule has 0 bridgehead atoms. The van der Waals surface area contributed by atoms with Crippen molar-refractivity contribution in [3.05, 3.63) is 39.8 Å². The first-order valence-corrected chi connectivity index (χ1v) is 9.63. The summed E-state index contributed by atoms with van der Waals surface area (Å²) in [5, 5.41) is 0.982. The van der Waals surface area contributed by atoms with Crippen molar-refractivity contribution in [1.82, 2.24) is 9.88 Å². The van der Waals surface area contributed by atoms with Gasteiger partial charge in [-0.15, -0.1) is 11.3 Å². The fourth-order valence-electron chi connectivity index (χ4n) is 2.80. The Morgan fingerprint density at radius 1 is 1.27 bits per heavy atom. The van der Waals surface area contributed by atoms with Crippen LogP contribution in [0.4, 0.5) is 0 Å². The molecule has 1 aliphatic rings. The van der Waals surface area contributed by atoms with Crippen LogP contribution in [0, 0.1) is 0 Å². The third-order valence-corrected chi connectivity index (χ3v) is 5.85.